The van der Waals surface area contributed by atoms with E-state index in [1.807, 2.05) is 6.92 Å². The van der Waals surface area contributed by atoms with Gasteiger partial charge in [0.05, 0.1) is 0 Å². The van der Waals surface area contributed by atoms with Crippen molar-refractivity contribution < 1.29 is 19.1 Å². The van der Waals surface area contributed by atoms with Crippen molar-refractivity contribution in [2.45, 2.75) is 25.9 Å². The second-order valence-corrected chi connectivity index (χ2v) is 4.25. The summed E-state index contributed by atoms with van der Waals surface area (Å²) in [5.41, 5.74) is 2.64. The third-order valence-electron chi connectivity index (χ3n) is 2.91. The first-order valence-electron chi connectivity index (χ1n) is 5.20. The zero-order chi connectivity index (χ0) is 12.7. The van der Waals surface area contributed by atoms with Crippen LogP contribution >= 0.6 is 0 Å². The first kappa shape index (κ1) is 11.6. The predicted molar refractivity (Wildman–Crippen MR) is 59.8 cm³/mol. The van der Waals surface area contributed by atoms with Crippen molar-refractivity contribution in [2.24, 2.45) is 0 Å². The number of hydrogen-bond acceptors (Lipinski definition) is 2. The Labute approximate surface area is 97.4 Å². The van der Waals surface area contributed by atoms with E-state index in [-0.39, 0.29) is 0 Å². The Morgan fingerprint density at radius 1 is 1.47 bits per heavy atom. The number of rotatable bonds is 2. The van der Waals surface area contributed by atoms with Gasteiger partial charge in [-0.25, -0.2) is 9.18 Å². The molecular weight excluding hydrogens is 225 g/mol. The molecule has 0 saturated heterocycles. The highest BCUT2D eigenvalue weighted by Crippen LogP contribution is 2.38. The highest BCUT2D eigenvalue weighted by Gasteiger charge is 2.42. The van der Waals surface area contributed by atoms with Crippen molar-refractivity contribution in [2.75, 3.05) is 5.32 Å². The summed E-state index contributed by atoms with van der Waals surface area (Å²) in [6.45, 7) is 3.60. The van der Waals surface area contributed by atoms with Crippen molar-refractivity contribution in [3.8, 4) is 0 Å². The molecule has 0 saturated carbocycles. The summed E-state index contributed by atoms with van der Waals surface area (Å²) in [4.78, 5) is 22.3. The fourth-order valence-corrected chi connectivity index (χ4v) is 2.26. The van der Waals surface area contributed by atoms with E-state index in [1.165, 1.54) is 0 Å². The van der Waals surface area contributed by atoms with Crippen LogP contribution in [0.5, 0.6) is 0 Å². The number of fused-ring (bicyclic) bond motifs is 1. The summed E-state index contributed by atoms with van der Waals surface area (Å²) in [7, 11) is 0. The van der Waals surface area contributed by atoms with Crippen LogP contribution in [0.4, 0.5) is 10.1 Å². The number of carbonyl (C=O) groups excluding carboxylic acids is 1. The summed E-state index contributed by atoms with van der Waals surface area (Å²) >= 11 is 0. The smallest absolute Gasteiger partial charge is 0.339 e. The molecular formula is C12H12FNO3. The van der Waals surface area contributed by atoms with Gasteiger partial charge in [-0.15, -0.1) is 0 Å². The fraction of sp³-hybridized carbons (Fsp3) is 0.333. The Kier molecular flexibility index (Phi) is 2.61. The highest BCUT2D eigenvalue weighted by atomic mass is 19.1. The molecule has 0 aliphatic carbocycles. The van der Waals surface area contributed by atoms with E-state index in [9.17, 15) is 14.0 Å². The number of alkyl halides is 1. The summed E-state index contributed by atoms with van der Waals surface area (Å²) in [5.74, 6) is -3.45. The molecule has 90 valence electrons. The van der Waals surface area contributed by atoms with Crippen LogP contribution in [0.3, 0.4) is 0 Å². The highest BCUT2D eigenvalue weighted by molar-refractivity contribution is 6.06. The van der Waals surface area contributed by atoms with Crippen LogP contribution in [0.15, 0.2) is 12.1 Å². The Hall–Kier alpha value is -1.91. The van der Waals surface area contributed by atoms with E-state index < -0.39 is 24.0 Å². The summed E-state index contributed by atoms with van der Waals surface area (Å²) in [5, 5.41) is 11.2. The number of aliphatic carboxylic acids is 1. The molecule has 2 unspecified atom stereocenters. The van der Waals surface area contributed by atoms with Gasteiger partial charge < -0.3 is 10.4 Å². The summed E-state index contributed by atoms with van der Waals surface area (Å²) in [6, 6.07) is 3.52. The number of aryl methyl sites for hydroxylation is 2. The minimum atomic E-state index is -2.21. The predicted octanol–water partition coefficient (Wildman–Crippen LogP) is 1.76. The standard InChI is InChI=1S/C12H12FNO3/c1-5-3-6(2)8-7(4-5)14-11(15)9(8)10(13)12(16)17/h3-4,9-10H,1-2H3,(H,14,15)(H,16,17). The molecule has 0 bridgehead atoms. The van der Waals surface area contributed by atoms with Crippen LogP contribution in [0.2, 0.25) is 0 Å². The molecule has 1 aromatic rings. The molecule has 1 aliphatic heterocycles. The number of carbonyl (C=O) groups is 2. The summed E-state index contributed by atoms with van der Waals surface area (Å²) < 4.78 is 13.6. The van der Waals surface area contributed by atoms with E-state index in [0.717, 1.165) is 11.1 Å². The average Bonchev–Trinajstić information content (AvgIpc) is 2.53. The maximum absolute atomic E-state index is 13.6. The molecule has 4 nitrogen and oxygen atoms in total. The number of carboxylic acids is 1. The van der Waals surface area contributed by atoms with Gasteiger partial charge in [0.25, 0.3) is 0 Å². The topological polar surface area (TPSA) is 66.4 Å². The quantitative estimate of drug-likeness (QED) is 0.823. The summed E-state index contributed by atoms with van der Waals surface area (Å²) in [6.07, 6.45) is -2.21. The number of anilines is 1. The molecule has 0 aromatic heterocycles. The maximum Gasteiger partial charge on any atom is 0.339 e. The molecule has 0 fully saturated rings. The number of halogens is 1. The number of nitrogens with one attached hydrogen (secondary N) is 1. The van der Waals surface area contributed by atoms with Crippen molar-refractivity contribution in [1.29, 1.82) is 0 Å². The first-order valence-corrected chi connectivity index (χ1v) is 5.20. The zero-order valence-corrected chi connectivity index (χ0v) is 9.45. The third kappa shape index (κ3) is 1.77. The molecule has 17 heavy (non-hydrogen) atoms. The Morgan fingerprint density at radius 3 is 2.71 bits per heavy atom. The fourth-order valence-electron chi connectivity index (χ4n) is 2.26. The second kappa shape index (κ2) is 3.84. The van der Waals surface area contributed by atoms with Gasteiger partial charge in [0.15, 0.2) is 0 Å². The number of carboxylic acid groups (broad SMARTS) is 1. The number of hydrogen-bond donors (Lipinski definition) is 2. The van der Waals surface area contributed by atoms with Crippen LogP contribution in [0.1, 0.15) is 22.6 Å². The molecule has 2 rings (SSSR count). The van der Waals surface area contributed by atoms with Crippen molar-refractivity contribution in [3.63, 3.8) is 0 Å². The SMILES string of the molecule is Cc1cc(C)c2c(c1)NC(=O)C2C(F)C(=O)O. The van der Waals surface area contributed by atoms with E-state index >= 15 is 0 Å². The number of amides is 1. The third-order valence-corrected chi connectivity index (χ3v) is 2.91. The lowest BCUT2D eigenvalue weighted by molar-refractivity contribution is -0.145. The number of benzene rings is 1. The van der Waals surface area contributed by atoms with Crippen molar-refractivity contribution >= 4 is 17.6 Å². The lowest BCUT2D eigenvalue weighted by Crippen LogP contribution is -2.28. The second-order valence-electron chi connectivity index (χ2n) is 4.25. The molecule has 5 heteroatoms. The zero-order valence-electron chi connectivity index (χ0n) is 9.45. The lowest BCUT2D eigenvalue weighted by atomic mass is 9.91. The molecule has 0 spiro atoms. The Balaban J connectivity index is 2.54. The van der Waals surface area contributed by atoms with Gasteiger partial charge >= 0.3 is 5.97 Å². The molecule has 0 radical (unpaired) electrons. The van der Waals surface area contributed by atoms with E-state index in [2.05, 4.69) is 5.32 Å². The van der Waals surface area contributed by atoms with Crippen LogP contribution in [0.25, 0.3) is 0 Å². The maximum atomic E-state index is 13.6. The van der Waals surface area contributed by atoms with Gasteiger partial charge in [-0.3, -0.25) is 4.79 Å². The van der Waals surface area contributed by atoms with E-state index in [4.69, 9.17) is 5.11 Å². The monoisotopic (exact) mass is 237 g/mol. The molecule has 1 aliphatic rings. The minimum Gasteiger partial charge on any atom is -0.479 e. The molecule has 2 atom stereocenters. The van der Waals surface area contributed by atoms with Crippen LogP contribution in [0, 0.1) is 13.8 Å². The van der Waals surface area contributed by atoms with Crippen LogP contribution < -0.4 is 5.32 Å². The van der Waals surface area contributed by atoms with Crippen molar-refractivity contribution in [3.05, 3.63) is 28.8 Å². The van der Waals surface area contributed by atoms with E-state index in [0.29, 0.717) is 11.3 Å². The molecule has 2 N–H and O–H groups in total. The van der Waals surface area contributed by atoms with Crippen LogP contribution in [-0.4, -0.2) is 23.2 Å². The molecule has 1 amide bonds. The van der Waals surface area contributed by atoms with Gasteiger partial charge in [-0.2, -0.15) is 0 Å². The lowest BCUT2D eigenvalue weighted by Gasteiger charge is -2.13. The Bertz CT molecular complexity index is 513. The van der Waals surface area contributed by atoms with Gasteiger partial charge in [0, 0.05) is 5.69 Å². The van der Waals surface area contributed by atoms with E-state index in [1.54, 1.807) is 19.1 Å². The first-order chi connectivity index (χ1) is 7.91. The average molecular weight is 237 g/mol. The Morgan fingerprint density at radius 2 is 2.12 bits per heavy atom. The van der Waals surface area contributed by atoms with Gasteiger partial charge in [-0.05, 0) is 36.6 Å². The normalized spacial score (nSPS) is 19.7. The van der Waals surface area contributed by atoms with Gasteiger partial charge in [-0.1, -0.05) is 6.07 Å². The van der Waals surface area contributed by atoms with Crippen molar-refractivity contribution in [1.82, 2.24) is 0 Å². The minimum absolute atomic E-state index is 0.454. The van der Waals surface area contributed by atoms with Crippen LogP contribution in [-0.2, 0) is 9.59 Å². The van der Waals surface area contributed by atoms with Gasteiger partial charge in [0.2, 0.25) is 12.1 Å². The molecule has 1 aromatic carbocycles. The van der Waals surface area contributed by atoms with Gasteiger partial charge in [0.1, 0.15) is 5.92 Å². The largest absolute Gasteiger partial charge is 0.479 e. The molecule has 1 heterocycles.